The molecule has 7 nitrogen and oxygen atoms in total. The zero-order valence-electron chi connectivity index (χ0n) is 17.9. The van der Waals surface area contributed by atoms with E-state index >= 15 is 0 Å². The number of carbonyl (C=O) groups is 1. The van der Waals surface area contributed by atoms with Crippen LogP contribution in [-0.4, -0.2) is 64.3 Å². The Bertz CT molecular complexity index is 1130. The molecule has 1 unspecified atom stereocenters. The van der Waals surface area contributed by atoms with Gasteiger partial charge in [0.2, 0.25) is 10.0 Å². The van der Waals surface area contributed by atoms with Gasteiger partial charge < -0.3 is 14.5 Å². The number of amides is 1. The molecule has 2 aliphatic rings. The van der Waals surface area contributed by atoms with Crippen LogP contribution in [0.25, 0.3) is 0 Å². The highest BCUT2D eigenvalue weighted by molar-refractivity contribution is 7.92. The molecule has 2 aromatic rings. The van der Waals surface area contributed by atoms with Crippen LogP contribution in [0.3, 0.4) is 0 Å². The lowest BCUT2D eigenvalue weighted by Crippen LogP contribution is -2.52. The van der Waals surface area contributed by atoms with Crippen LogP contribution in [0.2, 0.25) is 10.0 Å². The molecule has 2 aromatic carbocycles. The number of hydrogen-bond donors (Lipinski definition) is 0. The average Bonchev–Trinajstić information content (AvgIpc) is 2.94. The summed E-state index contributed by atoms with van der Waals surface area (Å²) >= 11 is 12.3. The molecule has 0 N–H and O–H groups in total. The van der Waals surface area contributed by atoms with E-state index in [2.05, 4.69) is 4.90 Å². The van der Waals surface area contributed by atoms with Gasteiger partial charge in [0.1, 0.15) is 5.75 Å². The highest BCUT2D eigenvalue weighted by Gasteiger charge is 2.34. The number of anilines is 2. The summed E-state index contributed by atoms with van der Waals surface area (Å²) in [5.74, 6) is 0.201. The van der Waals surface area contributed by atoms with E-state index in [1.165, 1.54) is 4.31 Å². The van der Waals surface area contributed by atoms with E-state index in [1.807, 2.05) is 25.1 Å². The van der Waals surface area contributed by atoms with E-state index < -0.39 is 16.1 Å². The first kappa shape index (κ1) is 23.0. The second kappa shape index (κ2) is 9.00. The molecule has 1 saturated heterocycles. The number of sulfonamides is 1. The van der Waals surface area contributed by atoms with Crippen LogP contribution in [0.1, 0.15) is 12.0 Å². The molecule has 0 bridgehead atoms. The summed E-state index contributed by atoms with van der Waals surface area (Å²) in [5.41, 5.74) is 2.57. The number of rotatable bonds is 3. The van der Waals surface area contributed by atoms with Crippen LogP contribution >= 0.6 is 23.2 Å². The Hall–Kier alpha value is -2.16. The monoisotopic (exact) mass is 497 g/mol. The van der Waals surface area contributed by atoms with E-state index in [-0.39, 0.29) is 18.9 Å². The van der Waals surface area contributed by atoms with E-state index in [1.54, 1.807) is 23.1 Å². The molecule has 32 heavy (non-hydrogen) atoms. The van der Waals surface area contributed by atoms with Gasteiger partial charge >= 0.3 is 0 Å². The standard InChI is InChI=1S/C22H25Cl2N3O4S/c1-15-3-4-16(23)13-18(15)25-9-11-26(12-10-25)22(28)21-7-8-27(32(2,29)30)19-14-17(24)5-6-20(19)31-21/h3-6,13-14,21H,7-12H2,1-2H3. The molecule has 2 heterocycles. The number of piperazine rings is 1. The Labute approximate surface area is 198 Å². The van der Waals surface area contributed by atoms with Crippen LogP contribution in [0, 0.1) is 6.92 Å². The minimum atomic E-state index is -3.55. The average molecular weight is 498 g/mol. The number of benzene rings is 2. The number of fused-ring (bicyclic) bond motifs is 1. The largest absolute Gasteiger partial charge is 0.478 e. The second-order valence-electron chi connectivity index (χ2n) is 8.09. The van der Waals surface area contributed by atoms with Crippen molar-refractivity contribution in [3.8, 4) is 5.75 Å². The Morgan fingerprint density at radius 1 is 0.969 bits per heavy atom. The van der Waals surface area contributed by atoms with E-state index in [0.717, 1.165) is 17.5 Å². The van der Waals surface area contributed by atoms with Crippen LogP contribution in [0.15, 0.2) is 36.4 Å². The first-order valence-electron chi connectivity index (χ1n) is 10.4. The van der Waals surface area contributed by atoms with Crippen LogP contribution in [-0.2, 0) is 14.8 Å². The Kier molecular flexibility index (Phi) is 6.47. The topological polar surface area (TPSA) is 70.2 Å². The fourth-order valence-electron chi connectivity index (χ4n) is 4.17. The molecular formula is C22H25Cl2N3O4S. The Morgan fingerprint density at radius 3 is 2.25 bits per heavy atom. The number of ether oxygens (including phenoxy) is 1. The molecule has 2 aliphatic heterocycles. The zero-order valence-corrected chi connectivity index (χ0v) is 20.3. The highest BCUT2D eigenvalue weighted by Crippen LogP contribution is 2.36. The molecule has 1 amide bonds. The summed E-state index contributed by atoms with van der Waals surface area (Å²) in [4.78, 5) is 17.3. The van der Waals surface area contributed by atoms with Crippen LogP contribution < -0.4 is 13.9 Å². The van der Waals surface area contributed by atoms with Gasteiger partial charge in [0.25, 0.3) is 5.91 Å². The maximum Gasteiger partial charge on any atom is 0.263 e. The van der Waals surface area contributed by atoms with Crippen LogP contribution in [0.4, 0.5) is 11.4 Å². The third kappa shape index (κ3) is 4.77. The molecule has 0 saturated carbocycles. The predicted molar refractivity (Wildman–Crippen MR) is 128 cm³/mol. The smallest absolute Gasteiger partial charge is 0.263 e. The molecule has 1 atom stereocenters. The maximum atomic E-state index is 13.3. The first-order chi connectivity index (χ1) is 15.1. The number of carbonyl (C=O) groups excluding carboxylic acids is 1. The summed E-state index contributed by atoms with van der Waals surface area (Å²) in [6.07, 6.45) is 0.629. The summed E-state index contributed by atoms with van der Waals surface area (Å²) < 4.78 is 31.9. The molecule has 172 valence electrons. The van der Waals surface area contributed by atoms with Crippen molar-refractivity contribution in [2.45, 2.75) is 19.4 Å². The molecule has 10 heteroatoms. The van der Waals surface area contributed by atoms with Gasteiger partial charge in [-0.3, -0.25) is 9.10 Å². The second-order valence-corrected chi connectivity index (χ2v) is 10.9. The number of aryl methyl sites for hydroxylation is 1. The van der Waals surface area contributed by atoms with Crippen molar-refractivity contribution < 1.29 is 17.9 Å². The van der Waals surface area contributed by atoms with Gasteiger partial charge in [0, 0.05) is 54.9 Å². The van der Waals surface area contributed by atoms with Gasteiger partial charge in [-0.05, 0) is 42.8 Å². The van der Waals surface area contributed by atoms with Gasteiger partial charge in [0.15, 0.2) is 6.10 Å². The lowest BCUT2D eigenvalue weighted by molar-refractivity contribution is -0.139. The molecule has 4 rings (SSSR count). The minimum absolute atomic E-state index is 0.135. The van der Waals surface area contributed by atoms with Gasteiger partial charge in [-0.2, -0.15) is 0 Å². The molecule has 1 fully saturated rings. The predicted octanol–water partition coefficient (Wildman–Crippen LogP) is 3.57. The maximum absolute atomic E-state index is 13.3. The Morgan fingerprint density at radius 2 is 1.59 bits per heavy atom. The quantitative estimate of drug-likeness (QED) is 0.648. The summed E-state index contributed by atoms with van der Waals surface area (Å²) in [5, 5.41) is 1.09. The highest BCUT2D eigenvalue weighted by atomic mass is 35.5. The van der Waals surface area contributed by atoms with Crippen molar-refractivity contribution in [1.29, 1.82) is 0 Å². The van der Waals surface area contributed by atoms with Crippen molar-refractivity contribution in [1.82, 2.24) is 4.90 Å². The van der Waals surface area contributed by atoms with Crippen molar-refractivity contribution >= 4 is 50.5 Å². The third-order valence-electron chi connectivity index (χ3n) is 5.83. The lowest BCUT2D eigenvalue weighted by atomic mass is 10.1. The number of nitrogens with zero attached hydrogens (tertiary/aromatic N) is 3. The van der Waals surface area contributed by atoms with Crippen molar-refractivity contribution in [2.75, 3.05) is 48.2 Å². The molecule has 0 aromatic heterocycles. The van der Waals surface area contributed by atoms with Gasteiger partial charge in [0.05, 0.1) is 11.9 Å². The van der Waals surface area contributed by atoms with Gasteiger partial charge in [-0.1, -0.05) is 29.3 Å². The van der Waals surface area contributed by atoms with E-state index in [9.17, 15) is 13.2 Å². The summed E-state index contributed by atoms with van der Waals surface area (Å²) in [6.45, 7) is 4.65. The van der Waals surface area contributed by atoms with Gasteiger partial charge in [-0.25, -0.2) is 8.42 Å². The fourth-order valence-corrected chi connectivity index (χ4v) is 5.43. The van der Waals surface area contributed by atoms with Crippen LogP contribution in [0.5, 0.6) is 5.75 Å². The normalized spacial score (nSPS) is 19.2. The SMILES string of the molecule is Cc1ccc(Cl)cc1N1CCN(C(=O)C2CCN(S(C)(=O)=O)c3cc(Cl)ccc3O2)CC1. The van der Waals surface area contributed by atoms with E-state index in [0.29, 0.717) is 47.7 Å². The molecule has 0 spiro atoms. The minimum Gasteiger partial charge on any atom is -0.478 e. The van der Waals surface area contributed by atoms with Crippen molar-refractivity contribution in [2.24, 2.45) is 0 Å². The molecule has 0 radical (unpaired) electrons. The Balaban J connectivity index is 1.48. The number of hydrogen-bond acceptors (Lipinski definition) is 5. The third-order valence-corrected chi connectivity index (χ3v) is 7.48. The lowest BCUT2D eigenvalue weighted by Gasteiger charge is -2.38. The van der Waals surface area contributed by atoms with Crippen molar-refractivity contribution in [3.63, 3.8) is 0 Å². The zero-order chi connectivity index (χ0) is 23.0. The molecule has 0 aliphatic carbocycles. The van der Waals surface area contributed by atoms with Gasteiger partial charge in [-0.15, -0.1) is 0 Å². The van der Waals surface area contributed by atoms with Crippen molar-refractivity contribution in [3.05, 3.63) is 52.0 Å². The summed E-state index contributed by atoms with van der Waals surface area (Å²) in [6, 6.07) is 10.6. The first-order valence-corrected chi connectivity index (χ1v) is 13.0. The fraction of sp³-hybridized carbons (Fsp3) is 0.409. The molecular weight excluding hydrogens is 473 g/mol. The summed E-state index contributed by atoms with van der Waals surface area (Å²) in [7, 11) is -3.55. The van der Waals surface area contributed by atoms with E-state index in [4.69, 9.17) is 27.9 Å². The number of halogens is 2.